The molecule has 0 radical (unpaired) electrons. The Kier molecular flexibility index (Phi) is 3.42. The van der Waals surface area contributed by atoms with Crippen LogP contribution in [0.25, 0.3) is 0 Å². The van der Waals surface area contributed by atoms with Crippen molar-refractivity contribution in [1.82, 2.24) is 0 Å². The predicted molar refractivity (Wildman–Crippen MR) is 47.2 cm³/mol. The maximum Gasteiger partial charge on any atom is 0.418 e. The minimum absolute atomic E-state index is 0.198. The number of aliphatic hydroxyl groups is 1. The number of rotatable bonds is 1. The maximum atomic E-state index is 12.4. The first-order chi connectivity index (χ1) is 7.53. The molecule has 0 unspecified atom stereocenters. The van der Waals surface area contributed by atoms with Crippen LogP contribution in [0.5, 0.6) is 0 Å². The summed E-state index contributed by atoms with van der Waals surface area (Å²) in [6.45, 7) is 1.13. The second-order valence-electron chi connectivity index (χ2n) is 3.52. The van der Waals surface area contributed by atoms with E-state index < -0.39 is 29.6 Å². The van der Waals surface area contributed by atoms with E-state index in [2.05, 4.69) is 0 Å². The average Bonchev–Trinajstić information content (AvgIpc) is 2.14. The van der Waals surface area contributed by atoms with E-state index in [4.69, 9.17) is 5.11 Å². The van der Waals surface area contributed by atoms with Gasteiger partial charge in [0.25, 0.3) is 0 Å². The Morgan fingerprint density at radius 2 is 1.59 bits per heavy atom. The molecule has 17 heavy (non-hydrogen) atoms. The van der Waals surface area contributed by atoms with E-state index >= 15 is 0 Å². The number of alkyl halides is 6. The summed E-state index contributed by atoms with van der Waals surface area (Å²) in [7, 11) is 0. The fraction of sp³-hybridized carbons (Fsp3) is 0.400. The van der Waals surface area contributed by atoms with Gasteiger partial charge in [0.1, 0.15) is 0 Å². The summed E-state index contributed by atoms with van der Waals surface area (Å²) in [5, 5.41) is 8.85. The van der Waals surface area contributed by atoms with Crippen molar-refractivity contribution in [3.8, 4) is 0 Å². The van der Waals surface area contributed by atoms with E-state index in [0.717, 1.165) is 19.1 Å². The van der Waals surface area contributed by atoms with Gasteiger partial charge < -0.3 is 5.11 Å². The third-order valence-electron chi connectivity index (χ3n) is 2.19. The summed E-state index contributed by atoms with van der Waals surface area (Å²) in [5.41, 5.74) is -2.20. The Morgan fingerprint density at radius 1 is 1.06 bits per heavy atom. The Hall–Kier alpha value is -1.24. The molecule has 0 spiro atoms. The number of halogens is 6. The third kappa shape index (κ3) is 3.12. The highest BCUT2D eigenvalue weighted by molar-refractivity contribution is 5.34. The highest BCUT2D eigenvalue weighted by Gasteiger charge is 2.41. The topological polar surface area (TPSA) is 20.2 Å². The fourth-order valence-electron chi connectivity index (χ4n) is 1.30. The van der Waals surface area contributed by atoms with Gasteiger partial charge in [-0.2, -0.15) is 26.3 Å². The Labute approximate surface area is 92.7 Å². The zero-order valence-electron chi connectivity index (χ0n) is 8.52. The lowest BCUT2D eigenvalue weighted by atomic mass is 10.0. The highest BCUT2D eigenvalue weighted by atomic mass is 19.4. The lowest BCUT2D eigenvalue weighted by molar-refractivity contribution is -0.207. The largest absolute Gasteiger partial charge is 0.418 e. The van der Waals surface area contributed by atoms with Gasteiger partial charge in [-0.25, -0.2) is 0 Å². The van der Waals surface area contributed by atoms with Gasteiger partial charge in [0.2, 0.25) is 0 Å². The van der Waals surface area contributed by atoms with Gasteiger partial charge >= 0.3 is 12.4 Å². The second kappa shape index (κ2) is 4.21. The molecule has 0 amide bonds. The van der Waals surface area contributed by atoms with E-state index in [1.807, 2.05) is 0 Å². The fourth-order valence-corrected chi connectivity index (χ4v) is 1.30. The highest BCUT2D eigenvalue weighted by Crippen LogP contribution is 2.37. The molecule has 1 atom stereocenters. The molecule has 0 aliphatic heterocycles. The van der Waals surface area contributed by atoms with Crippen LogP contribution in [0.4, 0.5) is 26.3 Å². The van der Waals surface area contributed by atoms with Gasteiger partial charge in [0.05, 0.1) is 5.56 Å². The second-order valence-corrected chi connectivity index (χ2v) is 3.52. The number of benzene rings is 1. The lowest BCUT2D eigenvalue weighted by Crippen LogP contribution is -2.21. The monoisotopic (exact) mass is 258 g/mol. The van der Waals surface area contributed by atoms with Crippen LogP contribution < -0.4 is 0 Å². The van der Waals surface area contributed by atoms with Gasteiger partial charge in [-0.1, -0.05) is 12.1 Å². The van der Waals surface area contributed by atoms with Crippen molar-refractivity contribution in [2.24, 2.45) is 0 Å². The molecule has 0 bridgehead atoms. The summed E-state index contributed by atoms with van der Waals surface area (Å²) in [4.78, 5) is 0. The van der Waals surface area contributed by atoms with E-state index in [1.54, 1.807) is 0 Å². The van der Waals surface area contributed by atoms with Gasteiger partial charge in [-0.15, -0.1) is 0 Å². The summed E-state index contributed by atoms with van der Waals surface area (Å²) >= 11 is 0. The number of hydrogen-bond donors (Lipinski definition) is 1. The summed E-state index contributed by atoms with van der Waals surface area (Å²) in [6, 6.07) is 2.03. The van der Waals surface area contributed by atoms with Crippen molar-refractivity contribution >= 4 is 0 Å². The van der Waals surface area contributed by atoms with Crippen molar-refractivity contribution in [2.45, 2.75) is 25.4 Å². The van der Waals surface area contributed by atoms with Gasteiger partial charge in [-0.3, -0.25) is 0 Å². The van der Waals surface area contributed by atoms with Crippen LogP contribution >= 0.6 is 0 Å². The molecule has 1 rings (SSSR count). The minimum Gasteiger partial charge on any atom is -0.379 e. The summed E-state index contributed by atoms with van der Waals surface area (Å²) < 4.78 is 73.7. The van der Waals surface area contributed by atoms with Crippen molar-refractivity contribution in [2.75, 3.05) is 0 Å². The molecule has 0 aliphatic rings. The van der Waals surface area contributed by atoms with Crippen molar-refractivity contribution in [3.05, 3.63) is 34.9 Å². The quantitative estimate of drug-likeness (QED) is 0.763. The maximum absolute atomic E-state index is 12.4. The molecule has 0 aliphatic carbocycles. The van der Waals surface area contributed by atoms with Crippen LogP contribution in [0.15, 0.2) is 18.2 Å². The molecule has 96 valence electrons. The SMILES string of the molecule is Cc1ccc([C@H](O)C(F)(F)F)cc1C(F)(F)F. The Morgan fingerprint density at radius 3 is 2.00 bits per heavy atom. The number of aryl methyl sites for hydroxylation is 1. The molecule has 1 aromatic carbocycles. The predicted octanol–water partition coefficient (Wildman–Crippen LogP) is 3.61. The molecule has 1 aromatic rings. The standard InChI is InChI=1S/C10H8F6O/c1-5-2-3-6(8(17)10(14,15)16)4-7(5)9(11,12)13/h2-4,8,17H,1H3/t8-/m0/s1. The van der Waals surface area contributed by atoms with Gasteiger partial charge in [-0.05, 0) is 24.1 Å². The average molecular weight is 258 g/mol. The smallest absolute Gasteiger partial charge is 0.379 e. The first-order valence-corrected chi connectivity index (χ1v) is 4.46. The molecule has 0 aromatic heterocycles. The van der Waals surface area contributed by atoms with E-state index in [1.165, 1.54) is 0 Å². The molecule has 1 nitrogen and oxygen atoms in total. The van der Waals surface area contributed by atoms with Crippen LogP contribution in [0.3, 0.4) is 0 Å². The summed E-state index contributed by atoms with van der Waals surface area (Å²) in [6.07, 6.45) is -12.6. The first-order valence-electron chi connectivity index (χ1n) is 4.46. The molecule has 0 fully saturated rings. The normalized spacial score (nSPS) is 14.8. The number of hydrogen-bond acceptors (Lipinski definition) is 1. The first kappa shape index (κ1) is 13.8. The zero-order valence-corrected chi connectivity index (χ0v) is 8.52. The Balaban J connectivity index is 3.23. The number of aliphatic hydroxyl groups excluding tert-OH is 1. The van der Waals surface area contributed by atoms with Gasteiger partial charge in [0, 0.05) is 0 Å². The van der Waals surface area contributed by atoms with Crippen LogP contribution in [-0.2, 0) is 6.18 Å². The zero-order chi connectivity index (χ0) is 13.4. The van der Waals surface area contributed by atoms with Crippen LogP contribution in [0.1, 0.15) is 22.8 Å². The molecule has 0 saturated carbocycles. The molecule has 0 heterocycles. The molecular weight excluding hydrogens is 250 g/mol. The van der Waals surface area contributed by atoms with Crippen molar-refractivity contribution < 1.29 is 31.4 Å². The van der Waals surface area contributed by atoms with Gasteiger partial charge in [0.15, 0.2) is 6.10 Å². The van der Waals surface area contributed by atoms with E-state index in [9.17, 15) is 26.3 Å². The molecule has 1 N–H and O–H groups in total. The van der Waals surface area contributed by atoms with E-state index in [0.29, 0.717) is 6.07 Å². The molecule has 0 saturated heterocycles. The molecular formula is C10H8F6O. The Bertz CT molecular complexity index is 406. The van der Waals surface area contributed by atoms with Crippen molar-refractivity contribution in [1.29, 1.82) is 0 Å². The van der Waals surface area contributed by atoms with Crippen molar-refractivity contribution in [3.63, 3.8) is 0 Å². The van der Waals surface area contributed by atoms with Crippen LogP contribution in [-0.4, -0.2) is 11.3 Å². The van der Waals surface area contributed by atoms with Crippen LogP contribution in [0.2, 0.25) is 0 Å². The third-order valence-corrected chi connectivity index (χ3v) is 2.19. The summed E-state index contributed by atoms with van der Waals surface area (Å²) in [5.74, 6) is 0. The van der Waals surface area contributed by atoms with E-state index in [-0.39, 0.29) is 5.56 Å². The van der Waals surface area contributed by atoms with Crippen LogP contribution in [0, 0.1) is 6.92 Å². The molecule has 7 heteroatoms. The minimum atomic E-state index is -4.99. The lowest BCUT2D eigenvalue weighted by Gasteiger charge is -2.17.